The Morgan fingerprint density at radius 3 is 2.89 bits per heavy atom. The summed E-state index contributed by atoms with van der Waals surface area (Å²) in [5.41, 5.74) is 2.31. The van der Waals surface area contributed by atoms with Gasteiger partial charge in [0.1, 0.15) is 6.61 Å². The normalized spacial score (nSPS) is 18.9. The monoisotopic (exact) mass is 247 g/mol. The summed E-state index contributed by atoms with van der Waals surface area (Å²) in [5, 5.41) is 0. The fourth-order valence-electron chi connectivity index (χ4n) is 2.38. The van der Waals surface area contributed by atoms with Gasteiger partial charge in [-0.2, -0.15) is 0 Å². The number of para-hydroxylation sites is 1. The minimum Gasteiger partial charge on any atom is -0.369 e. The molecule has 1 heterocycles. The number of hydrogen-bond donors (Lipinski definition) is 0. The summed E-state index contributed by atoms with van der Waals surface area (Å²) >= 11 is 0. The molecule has 1 aromatic carbocycles. The number of hydrogen-bond acceptors (Lipinski definition) is 2. The summed E-state index contributed by atoms with van der Waals surface area (Å²) in [6.07, 6.45) is 2.15. The first-order chi connectivity index (χ1) is 8.59. The van der Waals surface area contributed by atoms with Crippen molar-refractivity contribution in [2.24, 2.45) is 0 Å². The molecule has 1 aliphatic rings. The molecule has 0 N–H and O–H groups in total. The van der Waals surface area contributed by atoms with Crippen LogP contribution in [-0.4, -0.2) is 24.7 Å². The smallest absolute Gasteiger partial charge is 0.253 e. The maximum Gasteiger partial charge on any atom is 0.253 e. The van der Waals surface area contributed by atoms with Gasteiger partial charge >= 0.3 is 0 Å². The first-order valence-electron chi connectivity index (χ1n) is 6.61. The quantitative estimate of drug-likeness (QED) is 0.822. The van der Waals surface area contributed by atoms with Crippen LogP contribution in [0.15, 0.2) is 24.3 Å². The van der Waals surface area contributed by atoms with E-state index in [9.17, 15) is 4.79 Å². The fraction of sp³-hybridized carbons (Fsp3) is 0.533. The second-order valence-electron chi connectivity index (χ2n) is 5.14. The van der Waals surface area contributed by atoms with Gasteiger partial charge in [-0.05, 0) is 45.2 Å². The molecule has 3 heteroatoms. The molecule has 0 aliphatic carbocycles. The molecule has 0 fully saturated rings. The van der Waals surface area contributed by atoms with Gasteiger partial charge in [0, 0.05) is 11.7 Å². The Morgan fingerprint density at radius 2 is 2.17 bits per heavy atom. The Hall–Kier alpha value is -1.35. The summed E-state index contributed by atoms with van der Waals surface area (Å²) in [7, 11) is 0. The van der Waals surface area contributed by atoms with Crippen molar-refractivity contribution in [1.29, 1.82) is 0 Å². The summed E-state index contributed by atoms with van der Waals surface area (Å²) < 4.78 is 5.43. The van der Waals surface area contributed by atoms with Crippen molar-refractivity contribution < 1.29 is 9.53 Å². The van der Waals surface area contributed by atoms with Crippen molar-refractivity contribution in [2.45, 2.75) is 45.8 Å². The van der Waals surface area contributed by atoms with E-state index in [2.05, 4.69) is 13.0 Å². The lowest BCUT2D eigenvalue weighted by atomic mass is 9.96. The molecule has 1 aliphatic heterocycles. The molecule has 0 radical (unpaired) electrons. The number of nitrogens with zero attached hydrogens (tertiary/aromatic N) is 1. The van der Waals surface area contributed by atoms with Gasteiger partial charge in [0.15, 0.2) is 0 Å². The molecule has 0 spiro atoms. The van der Waals surface area contributed by atoms with E-state index in [1.54, 1.807) is 0 Å². The highest BCUT2D eigenvalue weighted by molar-refractivity contribution is 5.96. The summed E-state index contributed by atoms with van der Waals surface area (Å²) in [6.45, 7) is 6.15. The van der Waals surface area contributed by atoms with Gasteiger partial charge in [-0.1, -0.05) is 18.2 Å². The number of amides is 1. The van der Waals surface area contributed by atoms with Crippen LogP contribution in [0.5, 0.6) is 0 Å². The third-order valence-corrected chi connectivity index (χ3v) is 3.33. The fourth-order valence-corrected chi connectivity index (χ4v) is 2.38. The SMILES string of the molecule is CC(C)OCC(=O)N1c2ccccc2CCC1C. The second-order valence-corrected chi connectivity index (χ2v) is 5.14. The van der Waals surface area contributed by atoms with Crippen LogP contribution in [0.4, 0.5) is 5.69 Å². The number of rotatable bonds is 3. The Kier molecular flexibility index (Phi) is 4.02. The van der Waals surface area contributed by atoms with Gasteiger partial charge in [0.05, 0.1) is 6.10 Å². The molecule has 0 saturated heterocycles. The molecule has 1 unspecified atom stereocenters. The lowest BCUT2D eigenvalue weighted by molar-refractivity contribution is -0.125. The van der Waals surface area contributed by atoms with E-state index in [0.717, 1.165) is 18.5 Å². The largest absolute Gasteiger partial charge is 0.369 e. The van der Waals surface area contributed by atoms with Crippen molar-refractivity contribution in [2.75, 3.05) is 11.5 Å². The predicted octanol–water partition coefficient (Wildman–Crippen LogP) is 2.78. The van der Waals surface area contributed by atoms with E-state index < -0.39 is 0 Å². The Balaban J connectivity index is 2.18. The number of aryl methyl sites for hydroxylation is 1. The molecule has 1 aromatic rings. The molecule has 98 valence electrons. The predicted molar refractivity (Wildman–Crippen MR) is 72.8 cm³/mol. The van der Waals surface area contributed by atoms with E-state index >= 15 is 0 Å². The average molecular weight is 247 g/mol. The average Bonchev–Trinajstić information content (AvgIpc) is 2.36. The Morgan fingerprint density at radius 1 is 1.44 bits per heavy atom. The van der Waals surface area contributed by atoms with Crippen molar-refractivity contribution in [3.8, 4) is 0 Å². The molecule has 3 nitrogen and oxygen atoms in total. The summed E-state index contributed by atoms with van der Waals surface area (Å²) in [4.78, 5) is 14.2. The van der Waals surface area contributed by atoms with Crippen LogP contribution >= 0.6 is 0 Å². The number of anilines is 1. The van der Waals surface area contributed by atoms with Gasteiger partial charge in [-0.3, -0.25) is 4.79 Å². The van der Waals surface area contributed by atoms with Crippen LogP contribution in [0, 0.1) is 0 Å². The molecule has 1 atom stereocenters. The Labute approximate surface area is 109 Å². The van der Waals surface area contributed by atoms with Crippen LogP contribution in [0.1, 0.15) is 32.8 Å². The van der Waals surface area contributed by atoms with Crippen molar-refractivity contribution in [3.63, 3.8) is 0 Å². The van der Waals surface area contributed by atoms with Gasteiger partial charge in [0.2, 0.25) is 0 Å². The zero-order valence-corrected chi connectivity index (χ0v) is 11.3. The molecule has 0 saturated carbocycles. The number of fused-ring (bicyclic) bond motifs is 1. The third kappa shape index (κ3) is 2.72. The zero-order chi connectivity index (χ0) is 13.1. The third-order valence-electron chi connectivity index (χ3n) is 3.33. The second kappa shape index (κ2) is 5.53. The van der Waals surface area contributed by atoms with Crippen LogP contribution in [0.3, 0.4) is 0 Å². The van der Waals surface area contributed by atoms with E-state index in [0.29, 0.717) is 0 Å². The topological polar surface area (TPSA) is 29.5 Å². The molecular weight excluding hydrogens is 226 g/mol. The van der Waals surface area contributed by atoms with E-state index in [1.165, 1.54) is 5.56 Å². The maximum absolute atomic E-state index is 12.3. The van der Waals surface area contributed by atoms with Gasteiger partial charge < -0.3 is 9.64 Å². The van der Waals surface area contributed by atoms with Crippen molar-refractivity contribution in [1.82, 2.24) is 0 Å². The maximum atomic E-state index is 12.3. The molecular formula is C15H21NO2. The highest BCUT2D eigenvalue weighted by atomic mass is 16.5. The van der Waals surface area contributed by atoms with Crippen molar-refractivity contribution in [3.05, 3.63) is 29.8 Å². The van der Waals surface area contributed by atoms with Crippen LogP contribution in [-0.2, 0) is 16.0 Å². The summed E-state index contributed by atoms with van der Waals surface area (Å²) in [5.74, 6) is 0.0587. The molecule has 0 bridgehead atoms. The van der Waals surface area contributed by atoms with E-state index in [4.69, 9.17) is 4.74 Å². The van der Waals surface area contributed by atoms with Crippen molar-refractivity contribution >= 4 is 11.6 Å². The van der Waals surface area contributed by atoms with Crippen LogP contribution in [0.2, 0.25) is 0 Å². The van der Waals surface area contributed by atoms with Gasteiger partial charge in [0.25, 0.3) is 5.91 Å². The zero-order valence-electron chi connectivity index (χ0n) is 11.3. The lowest BCUT2D eigenvalue weighted by Gasteiger charge is -2.35. The minimum absolute atomic E-state index is 0.0587. The number of ether oxygens (including phenoxy) is 1. The minimum atomic E-state index is 0.0587. The van der Waals surface area contributed by atoms with Crippen LogP contribution < -0.4 is 4.90 Å². The molecule has 0 aromatic heterocycles. The number of carbonyl (C=O) groups is 1. The number of carbonyl (C=O) groups excluding carboxylic acids is 1. The van der Waals surface area contributed by atoms with E-state index in [1.807, 2.05) is 36.9 Å². The van der Waals surface area contributed by atoms with E-state index in [-0.39, 0.29) is 24.7 Å². The number of benzene rings is 1. The first kappa shape index (κ1) is 13.1. The lowest BCUT2D eigenvalue weighted by Crippen LogP contribution is -2.44. The highest BCUT2D eigenvalue weighted by Crippen LogP contribution is 2.30. The van der Waals surface area contributed by atoms with Gasteiger partial charge in [-0.25, -0.2) is 0 Å². The van der Waals surface area contributed by atoms with Gasteiger partial charge in [-0.15, -0.1) is 0 Å². The molecule has 18 heavy (non-hydrogen) atoms. The van der Waals surface area contributed by atoms with Crippen LogP contribution in [0.25, 0.3) is 0 Å². The Bertz CT molecular complexity index is 428. The summed E-state index contributed by atoms with van der Waals surface area (Å²) in [6, 6.07) is 8.40. The highest BCUT2D eigenvalue weighted by Gasteiger charge is 2.27. The molecule has 1 amide bonds. The molecule has 2 rings (SSSR count). The standard InChI is InChI=1S/C15H21NO2/c1-11(2)18-10-15(17)16-12(3)8-9-13-6-4-5-7-14(13)16/h4-7,11-12H,8-10H2,1-3H3. The first-order valence-corrected chi connectivity index (χ1v) is 6.61.